The molecule has 0 amide bonds. The third-order valence-electron chi connectivity index (χ3n) is 2.99. The zero-order valence-electron chi connectivity index (χ0n) is 10.7. The number of aryl methyl sites for hydroxylation is 1. The molecule has 1 unspecified atom stereocenters. The maximum atomic E-state index is 13.7. The van der Waals surface area contributed by atoms with Gasteiger partial charge >= 0.3 is 0 Å². The number of rotatable bonds is 5. The molecule has 2 rings (SSSR count). The molecule has 1 nitrogen and oxygen atoms in total. The average Bonchev–Trinajstić information content (AvgIpc) is 2.78. The fourth-order valence-corrected chi connectivity index (χ4v) is 2.84. The third kappa shape index (κ3) is 3.18. The van der Waals surface area contributed by atoms with E-state index in [-0.39, 0.29) is 11.9 Å². The Kier molecular flexibility index (Phi) is 4.50. The van der Waals surface area contributed by atoms with Gasteiger partial charge in [-0.1, -0.05) is 25.1 Å². The number of hydrogen-bond donors (Lipinski definition) is 1. The Labute approximate surface area is 112 Å². The van der Waals surface area contributed by atoms with Gasteiger partial charge in [0.2, 0.25) is 0 Å². The van der Waals surface area contributed by atoms with Gasteiger partial charge in [0, 0.05) is 10.9 Å². The second-order valence-corrected chi connectivity index (χ2v) is 5.51. The van der Waals surface area contributed by atoms with Gasteiger partial charge in [0.25, 0.3) is 0 Å². The first-order valence-electron chi connectivity index (χ1n) is 6.22. The molecule has 1 atom stereocenters. The molecular weight excluding hydrogens is 245 g/mol. The monoisotopic (exact) mass is 263 g/mol. The lowest BCUT2D eigenvalue weighted by Crippen LogP contribution is -2.22. The van der Waals surface area contributed by atoms with E-state index in [2.05, 4.69) is 30.6 Å². The lowest BCUT2D eigenvalue weighted by molar-refractivity contribution is 0.529. The van der Waals surface area contributed by atoms with Crippen LogP contribution in [0.3, 0.4) is 0 Å². The molecule has 0 bridgehead atoms. The second-order valence-electron chi connectivity index (χ2n) is 4.40. The minimum absolute atomic E-state index is 0.118. The smallest absolute Gasteiger partial charge is 0.126 e. The highest BCUT2D eigenvalue weighted by Crippen LogP contribution is 2.24. The molecule has 0 radical (unpaired) electrons. The Hall–Kier alpha value is -1.19. The topological polar surface area (TPSA) is 12.0 Å². The molecule has 1 heterocycles. The number of hydrogen-bond acceptors (Lipinski definition) is 2. The van der Waals surface area contributed by atoms with Crippen molar-refractivity contribution in [2.45, 2.75) is 26.3 Å². The van der Waals surface area contributed by atoms with Gasteiger partial charge in [-0.3, -0.25) is 0 Å². The van der Waals surface area contributed by atoms with E-state index in [0.29, 0.717) is 6.42 Å². The molecule has 1 aromatic carbocycles. The Morgan fingerprint density at radius 2 is 2.11 bits per heavy atom. The molecule has 3 heteroatoms. The van der Waals surface area contributed by atoms with Crippen LogP contribution in [0.15, 0.2) is 35.7 Å². The molecular formula is C15H18FNS. The Morgan fingerprint density at radius 1 is 1.33 bits per heavy atom. The number of thiophene rings is 1. The van der Waals surface area contributed by atoms with Gasteiger partial charge in [0.05, 0.1) is 0 Å². The third-order valence-corrected chi connectivity index (χ3v) is 3.87. The molecule has 1 aromatic heterocycles. The highest BCUT2D eigenvalue weighted by Gasteiger charge is 2.14. The predicted octanol–water partition coefficient (Wildman–Crippen LogP) is 4.09. The predicted molar refractivity (Wildman–Crippen MR) is 75.6 cm³/mol. The molecule has 2 aromatic rings. The van der Waals surface area contributed by atoms with Crippen molar-refractivity contribution in [2.75, 3.05) is 6.54 Å². The first kappa shape index (κ1) is 13.2. The van der Waals surface area contributed by atoms with Crippen LogP contribution in [0, 0.1) is 12.7 Å². The molecule has 0 aliphatic carbocycles. The summed E-state index contributed by atoms with van der Waals surface area (Å²) in [6.07, 6.45) is 0.691. The molecule has 0 saturated heterocycles. The molecule has 0 aliphatic heterocycles. The summed E-state index contributed by atoms with van der Waals surface area (Å²) in [6.45, 7) is 5.06. The maximum absolute atomic E-state index is 13.7. The van der Waals surface area contributed by atoms with Crippen LogP contribution in [-0.2, 0) is 6.42 Å². The van der Waals surface area contributed by atoms with Gasteiger partial charge in [0.15, 0.2) is 0 Å². The second kappa shape index (κ2) is 6.12. The Morgan fingerprint density at radius 3 is 2.72 bits per heavy atom. The molecule has 96 valence electrons. The quantitative estimate of drug-likeness (QED) is 0.856. The van der Waals surface area contributed by atoms with Crippen molar-refractivity contribution in [2.24, 2.45) is 0 Å². The van der Waals surface area contributed by atoms with Crippen molar-refractivity contribution >= 4 is 11.3 Å². The van der Waals surface area contributed by atoms with Crippen molar-refractivity contribution in [1.29, 1.82) is 0 Å². The van der Waals surface area contributed by atoms with Crippen LogP contribution >= 0.6 is 11.3 Å². The van der Waals surface area contributed by atoms with Crippen LogP contribution in [-0.4, -0.2) is 6.54 Å². The summed E-state index contributed by atoms with van der Waals surface area (Å²) in [5.41, 5.74) is 2.02. The van der Waals surface area contributed by atoms with Crippen LogP contribution in [0.2, 0.25) is 0 Å². The van der Waals surface area contributed by atoms with Crippen LogP contribution in [0.4, 0.5) is 4.39 Å². The van der Waals surface area contributed by atoms with Crippen LogP contribution in [0.5, 0.6) is 0 Å². The highest BCUT2D eigenvalue weighted by molar-refractivity contribution is 7.10. The summed E-state index contributed by atoms with van der Waals surface area (Å²) in [6, 6.07) is 9.38. The van der Waals surface area contributed by atoms with E-state index < -0.39 is 0 Å². The number of likely N-dealkylation sites (N-methyl/N-ethyl adjacent to an activating group) is 1. The van der Waals surface area contributed by atoms with Crippen molar-refractivity contribution in [3.05, 3.63) is 57.5 Å². The minimum atomic E-state index is -0.118. The fourth-order valence-electron chi connectivity index (χ4n) is 2.08. The number of nitrogens with one attached hydrogen (secondary N) is 1. The minimum Gasteiger partial charge on any atom is -0.310 e. The summed E-state index contributed by atoms with van der Waals surface area (Å²) < 4.78 is 13.7. The van der Waals surface area contributed by atoms with Gasteiger partial charge in [0.1, 0.15) is 5.82 Å². The molecule has 0 aliphatic rings. The van der Waals surface area contributed by atoms with E-state index in [1.807, 2.05) is 12.1 Å². The lowest BCUT2D eigenvalue weighted by Gasteiger charge is -2.17. The lowest BCUT2D eigenvalue weighted by atomic mass is 10.0. The fraction of sp³-hybridized carbons (Fsp3) is 0.333. The summed E-state index contributed by atoms with van der Waals surface area (Å²) in [5.74, 6) is -0.118. The summed E-state index contributed by atoms with van der Waals surface area (Å²) in [5, 5.41) is 5.58. The first-order valence-corrected chi connectivity index (χ1v) is 7.10. The Bertz CT molecular complexity index is 507. The van der Waals surface area contributed by atoms with Crippen molar-refractivity contribution < 1.29 is 4.39 Å². The van der Waals surface area contributed by atoms with Crippen molar-refractivity contribution in [3.63, 3.8) is 0 Å². The summed E-state index contributed by atoms with van der Waals surface area (Å²) in [7, 11) is 0. The molecule has 0 saturated carbocycles. The van der Waals surface area contributed by atoms with Gasteiger partial charge in [-0.2, -0.15) is 0 Å². The largest absolute Gasteiger partial charge is 0.310 e. The summed E-state index contributed by atoms with van der Waals surface area (Å²) >= 11 is 1.74. The van der Waals surface area contributed by atoms with E-state index in [0.717, 1.165) is 12.1 Å². The van der Waals surface area contributed by atoms with Gasteiger partial charge < -0.3 is 5.32 Å². The molecule has 0 spiro atoms. The number of halogens is 1. The van der Waals surface area contributed by atoms with E-state index in [1.54, 1.807) is 17.4 Å². The van der Waals surface area contributed by atoms with Crippen molar-refractivity contribution in [3.8, 4) is 0 Å². The highest BCUT2D eigenvalue weighted by atomic mass is 32.1. The first-order chi connectivity index (χ1) is 8.70. The van der Waals surface area contributed by atoms with Gasteiger partial charge in [-0.15, -0.1) is 11.3 Å². The number of benzene rings is 1. The van der Waals surface area contributed by atoms with Crippen molar-refractivity contribution in [1.82, 2.24) is 5.32 Å². The average molecular weight is 263 g/mol. The van der Waals surface area contributed by atoms with E-state index in [1.165, 1.54) is 16.5 Å². The Balaban J connectivity index is 2.19. The van der Waals surface area contributed by atoms with E-state index in [9.17, 15) is 4.39 Å². The molecule has 1 N–H and O–H groups in total. The van der Waals surface area contributed by atoms with E-state index >= 15 is 0 Å². The molecule has 18 heavy (non-hydrogen) atoms. The molecule has 0 fully saturated rings. The van der Waals surface area contributed by atoms with E-state index in [4.69, 9.17) is 0 Å². The van der Waals surface area contributed by atoms with Gasteiger partial charge in [-0.05, 0) is 48.5 Å². The van der Waals surface area contributed by atoms with Gasteiger partial charge in [-0.25, -0.2) is 4.39 Å². The zero-order valence-corrected chi connectivity index (χ0v) is 11.6. The van der Waals surface area contributed by atoms with Crippen LogP contribution in [0.25, 0.3) is 0 Å². The normalized spacial score (nSPS) is 12.6. The summed E-state index contributed by atoms with van der Waals surface area (Å²) in [4.78, 5) is 1.29. The standard InChI is InChI=1S/C15H18FNS/c1-3-17-15(13-8-11(2)18-10-13)9-12-6-4-5-7-14(12)16/h4-8,10,15,17H,3,9H2,1-2H3. The zero-order chi connectivity index (χ0) is 13.0. The SMILES string of the molecule is CCNC(Cc1ccccc1F)c1csc(C)c1. The van der Waals surface area contributed by atoms with Crippen LogP contribution in [0.1, 0.15) is 29.0 Å². The maximum Gasteiger partial charge on any atom is 0.126 e. The van der Waals surface area contributed by atoms with Crippen LogP contribution < -0.4 is 5.32 Å².